The summed E-state index contributed by atoms with van der Waals surface area (Å²) in [5.74, 6) is 0.167. The van der Waals surface area contributed by atoms with Crippen molar-refractivity contribution < 1.29 is 9.59 Å². The Bertz CT molecular complexity index is 320. The molecule has 1 rings (SSSR count). The first-order valence-electron chi connectivity index (χ1n) is 7.26. The van der Waals surface area contributed by atoms with Crippen LogP contribution in [0.2, 0.25) is 0 Å². The molecule has 0 bridgehead atoms. The van der Waals surface area contributed by atoms with Gasteiger partial charge < -0.3 is 16.0 Å². The van der Waals surface area contributed by atoms with Crippen molar-refractivity contribution >= 4 is 11.8 Å². The number of hydrogen-bond donors (Lipinski definition) is 2. The third-order valence-corrected chi connectivity index (χ3v) is 3.79. The molecule has 0 radical (unpaired) electrons. The fourth-order valence-electron chi connectivity index (χ4n) is 2.41. The summed E-state index contributed by atoms with van der Waals surface area (Å²) in [5, 5.41) is 2.89. The summed E-state index contributed by atoms with van der Waals surface area (Å²) in [6.07, 6.45) is 2.39. The molecule has 3 unspecified atom stereocenters. The van der Waals surface area contributed by atoms with Crippen molar-refractivity contribution in [3.63, 3.8) is 0 Å². The second-order valence-corrected chi connectivity index (χ2v) is 5.67. The van der Waals surface area contributed by atoms with Gasteiger partial charge in [0.15, 0.2) is 0 Å². The predicted molar refractivity (Wildman–Crippen MR) is 75.4 cm³/mol. The van der Waals surface area contributed by atoms with Crippen LogP contribution in [0.1, 0.15) is 40.0 Å². The van der Waals surface area contributed by atoms with E-state index >= 15 is 0 Å². The zero-order chi connectivity index (χ0) is 14.4. The maximum absolute atomic E-state index is 12.0. The van der Waals surface area contributed by atoms with E-state index in [-0.39, 0.29) is 29.7 Å². The Hall–Kier alpha value is -1.10. The highest BCUT2D eigenvalue weighted by atomic mass is 16.2. The number of amides is 2. The van der Waals surface area contributed by atoms with Crippen LogP contribution in [0.25, 0.3) is 0 Å². The van der Waals surface area contributed by atoms with Gasteiger partial charge in [-0.1, -0.05) is 20.3 Å². The largest absolute Gasteiger partial charge is 0.355 e. The van der Waals surface area contributed by atoms with E-state index in [1.54, 1.807) is 0 Å². The summed E-state index contributed by atoms with van der Waals surface area (Å²) >= 11 is 0. The van der Waals surface area contributed by atoms with E-state index in [0.29, 0.717) is 26.1 Å². The molecule has 110 valence electrons. The minimum atomic E-state index is -0.197. The fourth-order valence-corrected chi connectivity index (χ4v) is 2.41. The molecule has 3 atom stereocenters. The van der Waals surface area contributed by atoms with Crippen LogP contribution in [-0.2, 0) is 9.59 Å². The summed E-state index contributed by atoms with van der Waals surface area (Å²) < 4.78 is 0. The minimum Gasteiger partial charge on any atom is -0.355 e. The molecule has 19 heavy (non-hydrogen) atoms. The van der Waals surface area contributed by atoms with Crippen molar-refractivity contribution in [3.05, 3.63) is 0 Å². The van der Waals surface area contributed by atoms with Gasteiger partial charge in [0, 0.05) is 25.6 Å². The van der Waals surface area contributed by atoms with E-state index in [9.17, 15) is 9.59 Å². The smallest absolute Gasteiger partial charge is 0.225 e. The zero-order valence-corrected chi connectivity index (χ0v) is 12.3. The number of nitrogens with two attached hydrogens (primary N) is 1. The minimum absolute atomic E-state index is 0.0140. The Labute approximate surface area is 115 Å². The second-order valence-electron chi connectivity index (χ2n) is 5.67. The molecule has 2 amide bonds. The second kappa shape index (κ2) is 7.48. The van der Waals surface area contributed by atoms with Gasteiger partial charge in [-0.2, -0.15) is 0 Å². The number of likely N-dealkylation sites (tertiary alicyclic amines) is 1. The molecule has 0 aromatic carbocycles. The molecule has 5 heteroatoms. The summed E-state index contributed by atoms with van der Waals surface area (Å²) in [6, 6.07) is 0.235. The van der Waals surface area contributed by atoms with E-state index < -0.39 is 0 Å². The van der Waals surface area contributed by atoms with Gasteiger partial charge in [0.2, 0.25) is 11.8 Å². The van der Waals surface area contributed by atoms with Crippen molar-refractivity contribution in [2.45, 2.75) is 46.1 Å². The maximum atomic E-state index is 12.0. The lowest BCUT2D eigenvalue weighted by Crippen LogP contribution is -2.38. The van der Waals surface area contributed by atoms with Gasteiger partial charge in [0.05, 0.1) is 5.92 Å². The van der Waals surface area contributed by atoms with Crippen molar-refractivity contribution in [1.29, 1.82) is 0 Å². The average molecular weight is 269 g/mol. The molecule has 1 aliphatic heterocycles. The molecule has 5 nitrogen and oxygen atoms in total. The number of hydrogen-bond acceptors (Lipinski definition) is 3. The monoisotopic (exact) mass is 269 g/mol. The Morgan fingerprint density at radius 3 is 2.79 bits per heavy atom. The summed E-state index contributed by atoms with van der Waals surface area (Å²) in [6.45, 7) is 7.86. The standard InChI is InChI=1S/C14H27N3O2/c1-4-5-11(3)17-9-12(6-13(17)18)14(19)16-8-10(2)7-15/h10-12H,4-9,15H2,1-3H3,(H,16,19). The number of carbonyl (C=O) groups is 2. The van der Waals surface area contributed by atoms with Crippen LogP contribution < -0.4 is 11.1 Å². The van der Waals surface area contributed by atoms with Gasteiger partial charge >= 0.3 is 0 Å². The van der Waals surface area contributed by atoms with E-state index in [2.05, 4.69) is 19.2 Å². The Morgan fingerprint density at radius 2 is 2.21 bits per heavy atom. The van der Waals surface area contributed by atoms with Gasteiger partial charge in [-0.25, -0.2) is 0 Å². The van der Waals surface area contributed by atoms with Crippen LogP contribution in [0.5, 0.6) is 0 Å². The molecular formula is C14H27N3O2. The van der Waals surface area contributed by atoms with Crippen LogP contribution in [0.3, 0.4) is 0 Å². The molecule has 0 aromatic rings. The normalized spacial score (nSPS) is 22.4. The third kappa shape index (κ3) is 4.49. The van der Waals surface area contributed by atoms with Crippen LogP contribution in [0.4, 0.5) is 0 Å². The SMILES string of the molecule is CCCC(C)N1CC(C(=O)NCC(C)CN)CC1=O. The molecule has 1 saturated heterocycles. The van der Waals surface area contributed by atoms with E-state index in [0.717, 1.165) is 12.8 Å². The third-order valence-electron chi connectivity index (χ3n) is 3.79. The zero-order valence-electron chi connectivity index (χ0n) is 12.3. The molecule has 0 spiro atoms. The van der Waals surface area contributed by atoms with Crippen molar-refractivity contribution in [2.75, 3.05) is 19.6 Å². The Morgan fingerprint density at radius 1 is 1.53 bits per heavy atom. The number of rotatable bonds is 7. The lowest BCUT2D eigenvalue weighted by atomic mass is 10.1. The number of nitrogens with zero attached hydrogens (tertiary/aromatic N) is 1. The van der Waals surface area contributed by atoms with Crippen molar-refractivity contribution in [2.24, 2.45) is 17.6 Å². The fraction of sp³-hybridized carbons (Fsp3) is 0.857. The van der Waals surface area contributed by atoms with Crippen molar-refractivity contribution in [3.8, 4) is 0 Å². The number of nitrogens with one attached hydrogen (secondary N) is 1. The lowest BCUT2D eigenvalue weighted by molar-refractivity contribution is -0.130. The number of carbonyl (C=O) groups excluding carboxylic acids is 2. The van der Waals surface area contributed by atoms with Crippen LogP contribution in [-0.4, -0.2) is 42.4 Å². The Kier molecular flexibility index (Phi) is 6.28. The molecule has 1 aliphatic rings. The summed E-state index contributed by atoms with van der Waals surface area (Å²) in [4.78, 5) is 25.8. The van der Waals surface area contributed by atoms with Crippen LogP contribution in [0, 0.1) is 11.8 Å². The quantitative estimate of drug-likeness (QED) is 0.715. The molecule has 0 aromatic heterocycles. The average Bonchev–Trinajstić information content (AvgIpc) is 2.78. The van der Waals surface area contributed by atoms with Gasteiger partial charge in [-0.15, -0.1) is 0 Å². The first-order chi connectivity index (χ1) is 8.99. The first-order valence-corrected chi connectivity index (χ1v) is 7.26. The lowest BCUT2D eigenvalue weighted by Gasteiger charge is -2.24. The van der Waals surface area contributed by atoms with E-state index in [4.69, 9.17) is 5.73 Å². The van der Waals surface area contributed by atoms with E-state index in [1.165, 1.54) is 0 Å². The highest BCUT2D eigenvalue weighted by Gasteiger charge is 2.36. The van der Waals surface area contributed by atoms with Gasteiger partial charge in [-0.05, 0) is 25.8 Å². The molecule has 1 heterocycles. The van der Waals surface area contributed by atoms with Gasteiger partial charge in [0.1, 0.15) is 0 Å². The first kappa shape index (κ1) is 16.0. The summed E-state index contributed by atoms with van der Waals surface area (Å²) in [7, 11) is 0. The van der Waals surface area contributed by atoms with Gasteiger partial charge in [0.25, 0.3) is 0 Å². The molecule has 0 saturated carbocycles. The van der Waals surface area contributed by atoms with Gasteiger partial charge in [-0.3, -0.25) is 9.59 Å². The summed E-state index contributed by atoms with van der Waals surface area (Å²) in [5.41, 5.74) is 5.52. The topological polar surface area (TPSA) is 75.4 Å². The van der Waals surface area contributed by atoms with E-state index in [1.807, 2.05) is 11.8 Å². The van der Waals surface area contributed by atoms with Crippen LogP contribution >= 0.6 is 0 Å². The van der Waals surface area contributed by atoms with Crippen LogP contribution in [0.15, 0.2) is 0 Å². The maximum Gasteiger partial charge on any atom is 0.225 e. The predicted octanol–water partition coefficient (Wildman–Crippen LogP) is 0.735. The molecule has 3 N–H and O–H groups in total. The molecular weight excluding hydrogens is 242 g/mol. The molecule has 0 aliphatic carbocycles. The highest BCUT2D eigenvalue weighted by molar-refractivity contribution is 5.89. The molecule has 1 fully saturated rings. The Balaban J connectivity index is 2.45. The highest BCUT2D eigenvalue weighted by Crippen LogP contribution is 2.22. The van der Waals surface area contributed by atoms with Crippen molar-refractivity contribution in [1.82, 2.24) is 10.2 Å².